The first-order chi connectivity index (χ1) is 12.7. The zero-order valence-electron chi connectivity index (χ0n) is 14.9. The maximum Gasteiger partial charge on any atom is 0.413 e. The third-order valence-electron chi connectivity index (χ3n) is 3.54. The highest BCUT2D eigenvalue weighted by molar-refractivity contribution is 5.87. The molecule has 0 aromatic heterocycles. The van der Waals surface area contributed by atoms with Gasteiger partial charge in [0.1, 0.15) is 19.0 Å². The molecule has 0 bridgehead atoms. The van der Waals surface area contributed by atoms with Crippen molar-refractivity contribution in [2.24, 2.45) is 5.16 Å². The summed E-state index contributed by atoms with van der Waals surface area (Å²) in [4.78, 5) is 18.1. The molecule has 2 rings (SSSR count). The van der Waals surface area contributed by atoms with Gasteiger partial charge in [-0.15, -0.1) is 0 Å². The van der Waals surface area contributed by atoms with Gasteiger partial charge in [0.15, 0.2) is 0 Å². The van der Waals surface area contributed by atoms with Crippen LogP contribution in [-0.2, 0) is 16.2 Å². The van der Waals surface area contributed by atoms with E-state index < -0.39 is 6.09 Å². The molecule has 2 aromatic rings. The average molecular weight is 354 g/mol. The molecule has 0 saturated heterocycles. The Hall–Kier alpha value is -3.28. The molecule has 0 radical (unpaired) electrons. The van der Waals surface area contributed by atoms with Gasteiger partial charge in [-0.05, 0) is 35.9 Å². The maximum absolute atomic E-state index is 11.7. The van der Waals surface area contributed by atoms with E-state index in [4.69, 9.17) is 14.3 Å². The van der Waals surface area contributed by atoms with E-state index in [1.165, 1.54) is 12.0 Å². The van der Waals surface area contributed by atoms with Crippen LogP contribution in [0.5, 0.6) is 5.75 Å². The second-order valence-electron chi connectivity index (χ2n) is 5.33. The van der Waals surface area contributed by atoms with E-state index in [1.54, 1.807) is 19.3 Å². The van der Waals surface area contributed by atoms with Crippen LogP contribution in [0.3, 0.4) is 0 Å². The van der Waals surface area contributed by atoms with Crippen molar-refractivity contribution in [3.63, 3.8) is 0 Å². The predicted octanol–water partition coefficient (Wildman–Crippen LogP) is 4.00. The minimum atomic E-state index is -0.431. The van der Waals surface area contributed by atoms with Crippen LogP contribution in [0, 0.1) is 0 Å². The van der Waals surface area contributed by atoms with Crippen molar-refractivity contribution < 1.29 is 19.1 Å². The molecule has 0 heterocycles. The number of rotatable bonds is 8. The molecule has 0 fully saturated rings. The van der Waals surface area contributed by atoms with Gasteiger partial charge >= 0.3 is 6.09 Å². The topological polar surface area (TPSA) is 60.4 Å². The van der Waals surface area contributed by atoms with Crippen molar-refractivity contribution in [1.82, 2.24) is 0 Å². The zero-order valence-corrected chi connectivity index (χ0v) is 14.9. The molecular weight excluding hydrogens is 332 g/mol. The summed E-state index contributed by atoms with van der Waals surface area (Å²) in [6.45, 7) is 4.25. The molecule has 0 saturated carbocycles. The number of para-hydroxylation sites is 1. The van der Waals surface area contributed by atoms with Gasteiger partial charge in [-0.3, -0.25) is 4.90 Å². The summed E-state index contributed by atoms with van der Waals surface area (Å²) < 4.78 is 10.6. The molecule has 0 aliphatic heterocycles. The van der Waals surface area contributed by atoms with Gasteiger partial charge in [0, 0.05) is 12.6 Å². The molecule has 0 atom stereocenters. The van der Waals surface area contributed by atoms with Crippen LogP contribution in [-0.4, -0.2) is 33.1 Å². The lowest BCUT2D eigenvalue weighted by Crippen LogP contribution is -2.27. The summed E-state index contributed by atoms with van der Waals surface area (Å²) in [6, 6.07) is 15.0. The molecular formula is C20H22N2O4. The Labute approximate surface area is 153 Å². The number of oxime groups is 1. The predicted molar refractivity (Wildman–Crippen MR) is 102 cm³/mol. The number of hydrogen-bond donors (Lipinski definition) is 0. The van der Waals surface area contributed by atoms with Crippen LogP contribution in [0.2, 0.25) is 0 Å². The van der Waals surface area contributed by atoms with E-state index in [-0.39, 0.29) is 0 Å². The molecule has 0 N–H and O–H groups in total. The fourth-order valence-electron chi connectivity index (χ4n) is 2.20. The van der Waals surface area contributed by atoms with Gasteiger partial charge in [0.2, 0.25) is 0 Å². The van der Waals surface area contributed by atoms with Crippen LogP contribution in [0.25, 0.3) is 0 Å². The largest absolute Gasteiger partial charge is 0.489 e. The highest BCUT2D eigenvalue weighted by Gasteiger charge is 2.14. The normalized spacial score (nSPS) is 10.4. The Kier molecular flexibility index (Phi) is 7.24. The van der Waals surface area contributed by atoms with Crippen LogP contribution < -0.4 is 9.64 Å². The average Bonchev–Trinajstić information content (AvgIpc) is 2.69. The van der Waals surface area contributed by atoms with Crippen LogP contribution in [0.1, 0.15) is 11.1 Å². The Morgan fingerprint density at radius 3 is 2.62 bits per heavy atom. The smallest absolute Gasteiger partial charge is 0.413 e. The standard InChI is InChI=1S/C20H22N2O4/c1-4-13-26-21-14-16-9-11-18(12-10-16)25-15-17-7-5-6-8-19(17)22(2)20(23)24-3/h4-12,14H,1,13,15H2,2-3H3. The Bertz CT molecular complexity index is 757. The lowest BCUT2D eigenvalue weighted by atomic mass is 10.1. The van der Waals surface area contributed by atoms with Gasteiger partial charge < -0.3 is 14.3 Å². The fourth-order valence-corrected chi connectivity index (χ4v) is 2.20. The second kappa shape index (κ2) is 9.88. The highest BCUT2D eigenvalue weighted by Crippen LogP contribution is 2.22. The minimum absolute atomic E-state index is 0.327. The summed E-state index contributed by atoms with van der Waals surface area (Å²) in [5.41, 5.74) is 2.51. The zero-order chi connectivity index (χ0) is 18.8. The molecule has 6 heteroatoms. The molecule has 136 valence electrons. The molecule has 26 heavy (non-hydrogen) atoms. The Morgan fingerprint density at radius 1 is 1.19 bits per heavy atom. The van der Waals surface area contributed by atoms with E-state index in [0.717, 1.165) is 16.8 Å². The lowest BCUT2D eigenvalue weighted by molar-refractivity contribution is 0.176. The fraction of sp³-hybridized carbons (Fsp3) is 0.200. The number of amides is 1. The Balaban J connectivity index is 2.00. The molecule has 2 aromatic carbocycles. The third-order valence-corrected chi connectivity index (χ3v) is 3.54. The van der Waals surface area contributed by atoms with Crippen molar-refractivity contribution in [3.05, 3.63) is 72.3 Å². The van der Waals surface area contributed by atoms with Crippen molar-refractivity contribution >= 4 is 18.0 Å². The number of anilines is 1. The Morgan fingerprint density at radius 2 is 1.92 bits per heavy atom. The maximum atomic E-state index is 11.7. The van der Waals surface area contributed by atoms with Gasteiger partial charge in [-0.25, -0.2) is 4.79 Å². The number of ether oxygens (including phenoxy) is 2. The molecule has 0 spiro atoms. The highest BCUT2D eigenvalue weighted by atomic mass is 16.6. The van der Waals surface area contributed by atoms with Crippen molar-refractivity contribution in [2.45, 2.75) is 6.61 Å². The molecule has 0 aliphatic rings. The van der Waals surface area contributed by atoms with Crippen molar-refractivity contribution in [2.75, 3.05) is 25.7 Å². The molecule has 1 amide bonds. The van der Waals surface area contributed by atoms with Crippen LogP contribution >= 0.6 is 0 Å². The van der Waals surface area contributed by atoms with Gasteiger partial charge in [0.05, 0.1) is 19.0 Å². The van der Waals surface area contributed by atoms with E-state index >= 15 is 0 Å². The number of hydrogen-bond acceptors (Lipinski definition) is 5. The van der Waals surface area contributed by atoms with E-state index in [9.17, 15) is 4.79 Å². The SMILES string of the molecule is C=CCON=Cc1ccc(OCc2ccccc2N(C)C(=O)OC)cc1. The number of benzene rings is 2. The van der Waals surface area contributed by atoms with Crippen molar-refractivity contribution in [1.29, 1.82) is 0 Å². The van der Waals surface area contributed by atoms with E-state index in [2.05, 4.69) is 11.7 Å². The van der Waals surface area contributed by atoms with Crippen molar-refractivity contribution in [3.8, 4) is 5.75 Å². The molecule has 0 aliphatic carbocycles. The van der Waals surface area contributed by atoms with Crippen LogP contribution in [0.4, 0.5) is 10.5 Å². The van der Waals surface area contributed by atoms with Gasteiger partial charge in [-0.2, -0.15) is 0 Å². The van der Waals surface area contributed by atoms with E-state index in [1.807, 2.05) is 48.5 Å². The molecule has 6 nitrogen and oxygen atoms in total. The monoisotopic (exact) mass is 354 g/mol. The first-order valence-corrected chi connectivity index (χ1v) is 8.04. The summed E-state index contributed by atoms with van der Waals surface area (Å²) in [5.74, 6) is 0.713. The summed E-state index contributed by atoms with van der Waals surface area (Å²) in [6.07, 6.45) is 2.82. The minimum Gasteiger partial charge on any atom is -0.489 e. The summed E-state index contributed by atoms with van der Waals surface area (Å²) >= 11 is 0. The lowest BCUT2D eigenvalue weighted by Gasteiger charge is -2.19. The number of nitrogens with zero attached hydrogens (tertiary/aromatic N) is 2. The number of carbonyl (C=O) groups excluding carboxylic acids is 1. The van der Waals surface area contributed by atoms with Crippen LogP contribution in [0.15, 0.2) is 66.3 Å². The quantitative estimate of drug-likeness (QED) is 0.311. The first-order valence-electron chi connectivity index (χ1n) is 8.04. The third kappa shape index (κ3) is 5.37. The number of methoxy groups -OCH3 is 1. The second-order valence-corrected chi connectivity index (χ2v) is 5.33. The number of carbonyl (C=O) groups is 1. The summed E-state index contributed by atoms with van der Waals surface area (Å²) in [5, 5.41) is 3.82. The summed E-state index contributed by atoms with van der Waals surface area (Å²) in [7, 11) is 3.01. The molecule has 0 unspecified atom stereocenters. The van der Waals surface area contributed by atoms with Gasteiger partial charge in [-0.1, -0.05) is 36.0 Å². The van der Waals surface area contributed by atoms with Gasteiger partial charge in [0.25, 0.3) is 0 Å². The first kappa shape index (κ1) is 19.1. The van der Waals surface area contributed by atoms with E-state index in [0.29, 0.717) is 19.0 Å².